The molecule has 0 aromatic rings. The standard InChI is InChI=1S/C14H25N3O/c1-11-4-6-15-13(11)14(18)17-9-5-12(10-17)16-7-2-3-8-16/h11-13,15H,2-10H2,1H3. The fourth-order valence-electron chi connectivity index (χ4n) is 3.71. The molecule has 0 saturated carbocycles. The lowest BCUT2D eigenvalue weighted by molar-refractivity contribution is -0.133. The Hall–Kier alpha value is -0.610. The molecule has 3 aliphatic heterocycles. The van der Waals surface area contributed by atoms with E-state index in [1.807, 2.05) is 0 Å². The predicted molar refractivity (Wildman–Crippen MR) is 71.4 cm³/mol. The van der Waals surface area contributed by atoms with Gasteiger partial charge in [-0.1, -0.05) is 6.92 Å². The number of carbonyl (C=O) groups is 1. The van der Waals surface area contributed by atoms with E-state index in [1.54, 1.807) is 0 Å². The summed E-state index contributed by atoms with van der Waals surface area (Å²) >= 11 is 0. The first-order valence-electron chi connectivity index (χ1n) is 7.52. The van der Waals surface area contributed by atoms with Gasteiger partial charge < -0.3 is 10.2 Å². The molecule has 0 radical (unpaired) electrons. The molecule has 0 spiro atoms. The summed E-state index contributed by atoms with van der Waals surface area (Å²) in [5.41, 5.74) is 0. The van der Waals surface area contributed by atoms with E-state index in [1.165, 1.54) is 32.4 Å². The summed E-state index contributed by atoms with van der Waals surface area (Å²) in [4.78, 5) is 17.1. The smallest absolute Gasteiger partial charge is 0.240 e. The Bertz CT molecular complexity index is 314. The molecule has 3 rings (SSSR count). The summed E-state index contributed by atoms with van der Waals surface area (Å²) in [5.74, 6) is 0.852. The zero-order chi connectivity index (χ0) is 12.5. The van der Waals surface area contributed by atoms with E-state index in [4.69, 9.17) is 0 Å². The number of nitrogens with one attached hydrogen (secondary N) is 1. The fraction of sp³-hybridized carbons (Fsp3) is 0.929. The number of likely N-dealkylation sites (tertiary alicyclic amines) is 2. The van der Waals surface area contributed by atoms with Crippen molar-refractivity contribution in [1.29, 1.82) is 0 Å². The van der Waals surface area contributed by atoms with Crippen molar-refractivity contribution >= 4 is 5.91 Å². The molecule has 102 valence electrons. The van der Waals surface area contributed by atoms with E-state index in [9.17, 15) is 4.79 Å². The summed E-state index contributed by atoms with van der Waals surface area (Å²) in [7, 11) is 0. The molecule has 0 aromatic carbocycles. The Kier molecular flexibility index (Phi) is 3.57. The molecular formula is C14H25N3O. The van der Waals surface area contributed by atoms with Crippen LogP contribution in [0.3, 0.4) is 0 Å². The van der Waals surface area contributed by atoms with Gasteiger partial charge in [-0.05, 0) is 51.2 Å². The summed E-state index contributed by atoms with van der Waals surface area (Å²) in [6.45, 7) is 7.60. The Morgan fingerprint density at radius 1 is 1.17 bits per heavy atom. The number of carbonyl (C=O) groups excluding carboxylic acids is 1. The van der Waals surface area contributed by atoms with Crippen LogP contribution >= 0.6 is 0 Å². The zero-order valence-corrected chi connectivity index (χ0v) is 11.4. The van der Waals surface area contributed by atoms with Crippen molar-refractivity contribution < 1.29 is 4.79 Å². The van der Waals surface area contributed by atoms with Gasteiger partial charge in [-0.2, -0.15) is 0 Å². The van der Waals surface area contributed by atoms with Gasteiger partial charge in [-0.25, -0.2) is 0 Å². The van der Waals surface area contributed by atoms with E-state index in [0.717, 1.165) is 26.1 Å². The number of hydrogen-bond donors (Lipinski definition) is 1. The molecule has 3 unspecified atom stereocenters. The van der Waals surface area contributed by atoms with Crippen LogP contribution in [0, 0.1) is 5.92 Å². The maximum absolute atomic E-state index is 12.5. The maximum Gasteiger partial charge on any atom is 0.240 e. The molecule has 3 heterocycles. The Morgan fingerprint density at radius 3 is 2.61 bits per heavy atom. The molecule has 1 N–H and O–H groups in total. The van der Waals surface area contributed by atoms with E-state index < -0.39 is 0 Å². The Morgan fingerprint density at radius 2 is 1.94 bits per heavy atom. The highest BCUT2D eigenvalue weighted by molar-refractivity contribution is 5.82. The van der Waals surface area contributed by atoms with Gasteiger partial charge in [0.25, 0.3) is 0 Å². The molecule has 0 bridgehead atoms. The zero-order valence-electron chi connectivity index (χ0n) is 11.4. The largest absolute Gasteiger partial charge is 0.340 e. The first kappa shape index (κ1) is 12.4. The Balaban J connectivity index is 1.56. The monoisotopic (exact) mass is 251 g/mol. The SMILES string of the molecule is CC1CCNC1C(=O)N1CCC(N2CCCC2)C1. The van der Waals surface area contributed by atoms with Crippen LogP contribution in [-0.4, -0.2) is 60.5 Å². The second-order valence-corrected chi connectivity index (χ2v) is 6.17. The molecule has 4 nitrogen and oxygen atoms in total. The minimum atomic E-state index is 0.0855. The molecule has 1 amide bonds. The van der Waals surface area contributed by atoms with Crippen molar-refractivity contribution in [3.8, 4) is 0 Å². The van der Waals surface area contributed by atoms with Crippen molar-refractivity contribution in [3.05, 3.63) is 0 Å². The third-order valence-corrected chi connectivity index (χ3v) is 4.93. The average Bonchev–Trinajstić information content (AvgIpc) is 3.09. The molecule has 3 saturated heterocycles. The van der Waals surface area contributed by atoms with Gasteiger partial charge in [-0.3, -0.25) is 9.69 Å². The Labute approximate surface area is 110 Å². The summed E-state index contributed by atoms with van der Waals surface area (Å²) in [5, 5.41) is 3.36. The molecule has 4 heteroatoms. The highest BCUT2D eigenvalue weighted by atomic mass is 16.2. The quantitative estimate of drug-likeness (QED) is 0.784. The predicted octanol–water partition coefficient (Wildman–Crippen LogP) is 0.681. The normalized spacial score (nSPS) is 37.6. The number of nitrogens with zero attached hydrogens (tertiary/aromatic N) is 2. The molecule has 3 aliphatic rings. The van der Waals surface area contributed by atoms with E-state index in [-0.39, 0.29) is 6.04 Å². The number of amides is 1. The highest BCUT2D eigenvalue weighted by Crippen LogP contribution is 2.23. The van der Waals surface area contributed by atoms with Gasteiger partial charge in [0.05, 0.1) is 6.04 Å². The van der Waals surface area contributed by atoms with Crippen molar-refractivity contribution in [2.24, 2.45) is 5.92 Å². The molecule has 0 aromatic heterocycles. The summed E-state index contributed by atoms with van der Waals surface area (Å²) in [6.07, 6.45) is 4.99. The molecule has 3 atom stereocenters. The molecule has 3 fully saturated rings. The van der Waals surface area contributed by atoms with Crippen LogP contribution in [0.1, 0.15) is 32.6 Å². The van der Waals surface area contributed by atoms with Crippen LogP contribution in [0.4, 0.5) is 0 Å². The van der Waals surface area contributed by atoms with Gasteiger partial charge in [-0.15, -0.1) is 0 Å². The average molecular weight is 251 g/mol. The van der Waals surface area contributed by atoms with Gasteiger partial charge in [0, 0.05) is 19.1 Å². The first-order chi connectivity index (χ1) is 8.75. The second-order valence-electron chi connectivity index (χ2n) is 6.17. The van der Waals surface area contributed by atoms with Crippen molar-refractivity contribution in [3.63, 3.8) is 0 Å². The van der Waals surface area contributed by atoms with Crippen molar-refractivity contribution in [2.45, 2.75) is 44.7 Å². The number of hydrogen-bond acceptors (Lipinski definition) is 3. The third-order valence-electron chi connectivity index (χ3n) is 4.93. The maximum atomic E-state index is 12.5. The van der Waals surface area contributed by atoms with Gasteiger partial charge in [0.2, 0.25) is 5.91 Å². The van der Waals surface area contributed by atoms with E-state index in [2.05, 4.69) is 22.0 Å². The summed E-state index contributed by atoms with van der Waals surface area (Å²) in [6, 6.07) is 0.718. The first-order valence-corrected chi connectivity index (χ1v) is 7.52. The summed E-state index contributed by atoms with van der Waals surface area (Å²) < 4.78 is 0. The highest BCUT2D eigenvalue weighted by Gasteiger charge is 2.37. The van der Waals surface area contributed by atoms with E-state index in [0.29, 0.717) is 17.9 Å². The van der Waals surface area contributed by atoms with Crippen LogP contribution in [-0.2, 0) is 4.79 Å². The lowest BCUT2D eigenvalue weighted by atomic mass is 10.0. The van der Waals surface area contributed by atoms with Crippen molar-refractivity contribution in [2.75, 3.05) is 32.7 Å². The second kappa shape index (κ2) is 5.17. The van der Waals surface area contributed by atoms with Crippen LogP contribution < -0.4 is 5.32 Å². The fourth-order valence-corrected chi connectivity index (χ4v) is 3.71. The van der Waals surface area contributed by atoms with Crippen LogP contribution in [0.5, 0.6) is 0 Å². The van der Waals surface area contributed by atoms with Crippen LogP contribution in [0.2, 0.25) is 0 Å². The lowest BCUT2D eigenvalue weighted by Crippen LogP contribution is -2.46. The van der Waals surface area contributed by atoms with Crippen molar-refractivity contribution in [1.82, 2.24) is 15.1 Å². The van der Waals surface area contributed by atoms with Gasteiger partial charge in [0.1, 0.15) is 0 Å². The topological polar surface area (TPSA) is 35.6 Å². The van der Waals surface area contributed by atoms with Crippen LogP contribution in [0.15, 0.2) is 0 Å². The lowest BCUT2D eigenvalue weighted by Gasteiger charge is -2.26. The minimum absolute atomic E-state index is 0.0855. The molecule has 0 aliphatic carbocycles. The van der Waals surface area contributed by atoms with Gasteiger partial charge in [0.15, 0.2) is 0 Å². The minimum Gasteiger partial charge on any atom is -0.340 e. The molecular weight excluding hydrogens is 226 g/mol. The van der Waals surface area contributed by atoms with Crippen LogP contribution in [0.25, 0.3) is 0 Å². The molecule has 18 heavy (non-hydrogen) atoms. The third kappa shape index (κ3) is 2.28. The number of rotatable bonds is 2. The van der Waals surface area contributed by atoms with E-state index >= 15 is 0 Å². The van der Waals surface area contributed by atoms with Gasteiger partial charge >= 0.3 is 0 Å².